The molecule has 1 aromatic rings. The molecule has 102 valence electrons. The van der Waals surface area contributed by atoms with E-state index in [4.69, 9.17) is 16.3 Å². The average molecular weight is 334 g/mol. The van der Waals surface area contributed by atoms with Gasteiger partial charge in [-0.2, -0.15) is 0 Å². The molecule has 18 heavy (non-hydrogen) atoms. The standard InChI is InChI=1S/C15H22BrClO/c1-5-12(8-16)9-18-15-7-13(10(2)3)14(17)6-11(15)4/h6-7,10,12H,5,8-9H2,1-4H3. The van der Waals surface area contributed by atoms with Gasteiger partial charge in [-0.25, -0.2) is 0 Å². The first kappa shape index (κ1) is 15.8. The summed E-state index contributed by atoms with van der Waals surface area (Å²) < 4.78 is 5.94. The number of aryl methyl sites for hydroxylation is 1. The van der Waals surface area contributed by atoms with Crippen LogP contribution in [0.5, 0.6) is 5.75 Å². The highest BCUT2D eigenvalue weighted by Crippen LogP contribution is 2.31. The van der Waals surface area contributed by atoms with Crippen molar-refractivity contribution in [1.82, 2.24) is 0 Å². The Labute approximate surface area is 124 Å². The first-order valence-electron chi connectivity index (χ1n) is 6.48. The van der Waals surface area contributed by atoms with Crippen LogP contribution < -0.4 is 4.74 Å². The van der Waals surface area contributed by atoms with Crippen LogP contribution in [-0.4, -0.2) is 11.9 Å². The minimum absolute atomic E-state index is 0.415. The summed E-state index contributed by atoms with van der Waals surface area (Å²) in [5.41, 5.74) is 2.26. The predicted molar refractivity (Wildman–Crippen MR) is 83.3 cm³/mol. The summed E-state index contributed by atoms with van der Waals surface area (Å²) in [6, 6.07) is 4.09. The van der Waals surface area contributed by atoms with E-state index in [9.17, 15) is 0 Å². The van der Waals surface area contributed by atoms with Gasteiger partial charge >= 0.3 is 0 Å². The van der Waals surface area contributed by atoms with E-state index in [1.54, 1.807) is 0 Å². The molecule has 0 bridgehead atoms. The molecule has 1 aromatic carbocycles. The van der Waals surface area contributed by atoms with E-state index in [1.165, 1.54) is 0 Å². The maximum atomic E-state index is 6.25. The van der Waals surface area contributed by atoms with Gasteiger partial charge in [0.2, 0.25) is 0 Å². The fourth-order valence-electron chi connectivity index (χ4n) is 1.75. The first-order chi connectivity index (χ1) is 8.49. The third kappa shape index (κ3) is 4.17. The normalized spacial score (nSPS) is 12.8. The topological polar surface area (TPSA) is 9.23 Å². The van der Waals surface area contributed by atoms with E-state index < -0.39 is 0 Å². The minimum atomic E-state index is 0.415. The van der Waals surface area contributed by atoms with Crippen LogP contribution >= 0.6 is 27.5 Å². The molecule has 0 aliphatic rings. The second-order valence-corrected chi connectivity index (χ2v) is 6.09. The van der Waals surface area contributed by atoms with E-state index >= 15 is 0 Å². The Hall–Kier alpha value is -0.210. The Kier molecular flexibility index (Phi) is 6.51. The van der Waals surface area contributed by atoms with Crippen molar-refractivity contribution in [3.8, 4) is 5.75 Å². The monoisotopic (exact) mass is 332 g/mol. The average Bonchev–Trinajstić information content (AvgIpc) is 2.32. The molecule has 0 radical (unpaired) electrons. The number of hydrogen-bond acceptors (Lipinski definition) is 1. The van der Waals surface area contributed by atoms with Crippen LogP contribution in [0.3, 0.4) is 0 Å². The second kappa shape index (κ2) is 7.40. The van der Waals surface area contributed by atoms with Gasteiger partial charge in [0.1, 0.15) is 5.75 Å². The summed E-state index contributed by atoms with van der Waals surface area (Å²) >= 11 is 9.77. The van der Waals surface area contributed by atoms with Crippen molar-refractivity contribution in [3.63, 3.8) is 0 Å². The van der Waals surface area contributed by atoms with Crippen molar-refractivity contribution < 1.29 is 4.74 Å². The maximum Gasteiger partial charge on any atom is 0.122 e. The molecule has 0 aromatic heterocycles. The summed E-state index contributed by atoms with van der Waals surface area (Å²) in [4.78, 5) is 0. The molecule has 0 saturated carbocycles. The third-order valence-corrected chi connectivity index (χ3v) is 4.43. The van der Waals surface area contributed by atoms with E-state index in [-0.39, 0.29) is 0 Å². The summed E-state index contributed by atoms with van der Waals surface area (Å²) in [5, 5.41) is 1.81. The van der Waals surface area contributed by atoms with Crippen LogP contribution in [0.15, 0.2) is 12.1 Å². The van der Waals surface area contributed by atoms with Crippen molar-refractivity contribution in [2.24, 2.45) is 5.92 Å². The summed E-state index contributed by atoms with van der Waals surface area (Å²) in [6.07, 6.45) is 1.12. The van der Waals surface area contributed by atoms with Crippen LogP contribution in [-0.2, 0) is 0 Å². The molecule has 0 saturated heterocycles. The van der Waals surface area contributed by atoms with E-state index in [1.807, 2.05) is 13.0 Å². The quantitative estimate of drug-likeness (QED) is 0.618. The molecule has 1 nitrogen and oxygen atoms in total. The van der Waals surface area contributed by atoms with Gasteiger partial charge in [-0.1, -0.05) is 48.3 Å². The number of ether oxygens (including phenoxy) is 1. The number of alkyl halides is 1. The largest absolute Gasteiger partial charge is 0.493 e. The molecule has 0 fully saturated rings. The Morgan fingerprint density at radius 1 is 1.33 bits per heavy atom. The molecule has 1 atom stereocenters. The Balaban J connectivity index is 2.85. The van der Waals surface area contributed by atoms with Crippen molar-refractivity contribution in [2.45, 2.75) is 40.0 Å². The molecular weight excluding hydrogens is 312 g/mol. The van der Waals surface area contributed by atoms with Crippen molar-refractivity contribution in [3.05, 3.63) is 28.3 Å². The lowest BCUT2D eigenvalue weighted by molar-refractivity contribution is 0.258. The first-order valence-corrected chi connectivity index (χ1v) is 7.98. The lowest BCUT2D eigenvalue weighted by Crippen LogP contribution is -2.13. The van der Waals surface area contributed by atoms with Gasteiger partial charge in [-0.05, 0) is 42.5 Å². The van der Waals surface area contributed by atoms with E-state index in [2.05, 4.69) is 42.8 Å². The lowest BCUT2D eigenvalue weighted by atomic mass is 10.0. The molecular formula is C15H22BrClO. The second-order valence-electron chi connectivity index (χ2n) is 5.03. The van der Waals surface area contributed by atoms with E-state index in [0.29, 0.717) is 11.8 Å². The van der Waals surface area contributed by atoms with Crippen LogP contribution in [0.2, 0.25) is 5.02 Å². The lowest BCUT2D eigenvalue weighted by Gasteiger charge is -2.17. The molecule has 1 unspecified atom stereocenters. The zero-order chi connectivity index (χ0) is 13.7. The Morgan fingerprint density at radius 3 is 2.50 bits per heavy atom. The van der Waals surface area contributed by atoms with Gasteiger partial charge in [0, 0.05) is 16.3 Å². The molecule has 0 aliphatic carbocycles. The van der Waals surface area contributed by atoms with Gasteiger partial charge in [0.25, 0.3) is 0 Å². The highest BCUT2D eigenvalue weighted by atomic mass is 79.9. The summed E-state index contributed by atoms with van der Waals surface area (Å²) in [6.45, 7) is 9.27. The Bertz CT molecular complexity index is 386. The molecule has 0 amide bonds. The number of hydrogen-bond donors (Lipinski definition) is 0. The Morgan fingerprint density at radius 2 is 2.00 bits per heavy atom. The zero-order valence-electron chi connectivity index (χ0n) is 11.6. The number of benzene rings is 1. The van der Waals surface area contributed by atoms with Crippen LogP contribution in [0.4, 0.5) is 0 Å². The molecule has 0 spiro atoms. The van der Waals surface area contributed by atoms with Crippen molar-refractivity contribution in [2.75, 3.05) is 11.9 Å². The van der Waals surface area contributed by atoms with Crippen LogP contribution in [0.25, 0.3) is 0 Å². The summed E-state index contributed by atoms with van der Waals surface area (Å²) in [7, 11) is 0. The maximum absolute atomic E-state index is 6.25. The van der Waals surface area contributed by atoms with Gasteiger partial charge in [0.05, 0.1) is 6.61 Å². The molecule has 3 heteroatoms. The molecule has 0 N–H and O–H groups in total. The number of rotatable bonds is 6. The molecule has 0 heterocycles. The van der Waals surface area contributed by atoms with Crippen LogP contribution in [0, 0.1) is 12.8 Å². The molecule has 1 rings (SSSR count). The zero-order valence-corrected chi connectivity index (χ0v) is 13.9. The minimum Gasteiger partial charge on any atom is -0.493 e. The van der Waals surface area contributed by atoms with Gasteiger partial charge < -0.3 is 4.74 Å². The summed E-state index contributed by atoms with van der Waals surface area (Å²) in [5.74, 6) is 1.93. The van der Waals surface area contributed by atoms with Crippen molar-refractivity contribution in [1.29, 1.82) is 0 Å². The SMILES string of the molecule is CCC(CBr)COc1cc(C(C)C)c(Cl)cc1C. The number of halogens is 2. The van der Waals surface area contributed by atoms with Crippen molar-refractivity contribution >= 4 is 27.5 Å². The van der Waals surface area contributed by atoms with Gasteiger partial charge in [-0.3, -0.25) is 0 Å². The molecule has 0 aliphatic heterocycles. The fraction of sp³-hybridized carbons (Fsp3) is 0.600. The predicted octanol–water partition coefficient (Wildman–Crippen LogP) is 5.57. The van der Waals surface area contributed by atoms with E-state index in [0.717, 1.165) is 40.3 Å². The smallest absolute Gasteiger partial charge is 0.122 e. The highest BCUT2D eigenvalue weighted by Gasteiger charge is 2.11. The fourth-order valence-corrected chi connectivity index (χ4v) is 2.83. The van der Waals surface area contributed by atoms with Crippen LogP contribution in [0.1, 0.15) is 44.2 Å². The highest BCUT2D eigenvalue weighted by molar-refractivity contribution is 9.09. The van der Waals surface area contributed by atoms with Gasteiger partial charge in [-0.15, -0.1) is 0 Å². The van der Waals surface area contributed by atoms with Gasteiger partial charge in [0.15, 0.2) is 0 Å². The third-order valence-electron chi connectivity index (χ3n) is 3.19.